The smallest absolute Gasteiger partial charge is 0.232 e. The SMILES string of the molecule is CCNCC1CCN(C(=O)C(C)(C)c2cccc(F)c2)CC1.Cl. The maximum atomic E-state index is 13.4. The highest BCUT2D eigenvalue weighted by atomic mass is 35.5. The molecule has 23 heavy (non-hydrogen) atoms. The highest BCUT2D eigenvalue weighted by molar-refractivity contribution is 5.87. The molecule has 1 heterocycles. The number of hydrogen-bond acceptors (Lipinski definition) is 2. The van der Waals surface area contributed by atoms with Gasteiger partial charge in [0.25, 0.3) is 0 Å². The van der Waals surface area contributed by atoms with Crippen molar-refractivity contribution in [1.29, 1.82) is 0 Å². The molecule has 1 aliphatic rings. The van der Waals surface area contributed by atoms with E-state index in [-0.39, 0.29) is 24.1 Å². The molecule has 2 rings (SSSR count). The molecule has 130 valence electrons. The number of benzene rings is 1. The summed E-state index contributed by atoms with van der Waals surface area (Å²) in [6.07, 6.45) is 2.08. The fourth-order valence-corrected chi connectivity index (χ4v) is 3.08. The Bertz CT molecular complexity index is 513. The van der Waals surface area contributed by atoms with Gasteiger partial charge in [-0.3, -0.25) is 4.79 Å². The lowest BCUT2D eigenvalue weighted by atomic mass is 9.82. The third kappa shape index (κ3) is 4.92. The fourth-order valence-electron chi connectivity index (χ4n) is 3.08. The lowest BCUT2D eigenvalue weighted by Crippen LogP contribution is -2.48. The molecule has 1 fully saturated rings. The predicted octanol–water partition coefficient (Wildman–Crippen LogP) is 3.37. The van der Waals surface area contributed by atoms with Crippen LogP contribution in [-0.4, -0.2) is 37.0 Å². The zero-order chi connectivity index (χ0) is 16.2. The molecule has 1 N–H and O–H groups in total. The number of carbonyl (C=O) groups is 1. The number of rotatable bonds is 5. The Kier molecular flexibility index (Phi) is 7.49. The van der Waals surface area contributed by atoms with Crippen LogP contribution in [0.1, 0.15) is 39.2 Å². The van der Waals surface area contributed by atoms with Crippen LogP contribution in [0.15, 0.2) is 24.3 Å². The summed E-state index contributed by atoms with van der Waals surface area (Å²) in [6, 6.07) is 6.38. The van der Waals surface area contributed by atoms with E-state index in [4.69, 9.17) is 0 Å². The third-order valence-electron chi connectivity index (χ3n) is 4.67. The van der Waals surface area contributed by atoms with Gasteiger partial charge >= 0.3 is 0 Å². The zero-order valence-electron chi connectivity index (χ0n) is 14.3. The van der Waals surface area contributed by atoms with Gasteiger partial charge in [-0.1, -0.05) is 19.1 Å². The number of nitrogens with zero attached hydrogens (tertiary/aromatic N) is 1. The molecule has 0 aliphatic carbocycles. The second-order valence-electron chi connectivity index (χ2n) is 6.68. The van der Waals surface area contributed by atoms with Gasteiger partial charge in [0.2, 0.25) is 5.91 Å². The molecule has 5 heteroatoms. The van der Waals surface area contributed by atoms with Crippen LogP contribution < -0.4 is 5.32 Å². The summed E-state index contributed by atoms with van der Waals surface area (Å²) in [5, 5.41) is 3.38. The Morgan fingerprint density at radius 1 is 1.35 bits per heavy atom. The van der Waals surface area contributed by atoms with Gasteiger partial charge in [-0.05, 0) is 63.4 Å². The van der Waals surface area contributed by atoms with E-state index in [9.17, 15) is 9.18 Å². The van der Waals surface area contributed by atoms with Crippen LogP contribution in [0.25, 0.3) is 0 Å². The van der Waals surface area contributed by atoms with Crippen LogP contribution in [0, 0.1) is 11.7 Å². The second kappa shape index (κ2) is 8.65. The van der Waals surface area contributed by atoms with Crippen molar-refractivity contribution in [2.24, 2.45) is 5.92 Å². The van der Waals surface area contributed by atoms with Crippen molar-refractivity contribution < 1.29 is 9.18 Å². The van der Waals surface area contributed by atoms with Crippen LogP contribution >= 0.6 is 12.4 Å². The van der Waals surface area contributed by atoms with Gasteiger partial charge in [0, 0.05) is 13.1 Å². The summed E-state index contributed by atoms with van der Waals surface area (Å²) >= 11 is 0. The van der Waals surface area contributed by atoms with E-state index in [1.807, 2.05) is 24.8 Å². The summed E-state index contributed by atoms with van der Waals surface area (Å²) < 4.78 is 13.4. The van der Waals surface area contributed by atoms with Gasteiger partial charge < -0.3 is 10.2 Å². The largest absolute Gasteiger partial charge is 0.342 e. The molecule has 0 saturated carbocycles. The Balaban J connectivity index is 0.00000264. The molecule has 0 radical (unpaired) electrons. The Morgan fingerprint density at radius 2 is 2.00 bits per heavy atom. The van der Waals surface area contributed by atoms with Gasteiger partial charge in [-0.2, -0.15) is 0 Å². The molecular formula is C18H28ClFN2O. The Labute approximate surface area is 145 Å². The normalized spacial score (nSPS) is 16.1. The standard InChI is InChI=1S/C18H27FN2O.ClH/c1-4-20-13-14-8-10-21(11-9-14)17(22)18(2,3)15-6-5-7-16(19)12-15;/h5-7,12,14,20H,4,8-11,13H2,1-3H3;1H. The van der Waals surface area contributed by atoms with Crippen molar-refractivity contribution in [3.63, 3.8) is 0 Å². The van der Waals surface area contributed by atoms with Crippen molar-refractivity contribution in [3.05, 3.63) is 35.6 Å². The van der Waals surface area contributed by atoms with Crippen LogP contribution in [0.5, 0.6) is 0 Å². The molecule has 1 aromatic rings. The molecular weight excluding hydrogens is 315 g/mol. The summed E-state index contributed by atoms with van der Waals surface area (Å²) in [5.74, 6) is 0.462. The summed E-state index contributed by atoms with van der Waals surface area (Å²) in [5.41, 5.74) is 0.0589. The van der Waals surface area contributed by atoms with E-state index in [0.717, 1.165) is 44.6 Å². The van der Waals surface area contributed by atoms with Crippen LogP contribution in [0.3, 0.4) is 0 Å². The molecule has 0 bridgehead atoms. The Hall–Kier alpha value is -1.13. The highest BCUT2D eigenvalue weighted by Gasteiger charge is 2.35. The molecule has 1 aromatic carbocycles. The minimum Gasteiger partial charge on any atom is -0.342 e. The summed E-state index contributed by atoms with van der Waals surface area (Å²) in [7, 11) is 0. The number of halogens is 2. The van der Waals surface area contributed by atoms with Gasteiger partial charge in [0.15, 0.2) is 0 Å². The van der Waals surface area contributed by atoms with E-state index in [0.29, 0.717) is 5.92 Å². The zero-order valence-corrected chi connectivity index (χ0v) is 15.1. The molecule has 1 saturated heterocycles. The van der Waals surface area contributed by atoms with Crippen molar-refractivity contribution in [2.75, 3.05) is 26.2 Å². The van der Waals surface area contributed by atoms with Gasteiger partial charge in [0.1, 0.15) is 5.82 Å². The number of likely N-dealkylation sites (tertiary alicyclic amines) is 1. The van der Waals surface area contributed by atoms with Crippen molar-refractivity contribution in [3.8, 4) is 0 Å². The molecule has 0 atom stereocenters. The number of piperidine rings is 1. The first-order valence-electron chi connectivity index (χ1n) is 8.21. The van der Waals surface area contributed by atoms with Crippen LogP contribution in [0.4, 0.5) is 4.39 Å². The first kappa shape index (κ1) is 19.9. The summed E-state index contributed by atoms with van der Waals surface area (Å²) in [6.45, 7) is 9.50. The molecule has 3 nitrogen and oxygen atoms in total. The first-order chi connectivity index (χ1) is 10.4. The first-order valence-corrected chi connectivity index (χ1v) is 8.21. The van der Waals surface area contributed by atoms with E-state index in [1.54, 1.807) is 6.07 Å². The Morgan fingerprint density at radius 3 is 2.57 bits per heavy atom. The van der Waals surface area contributed by atoms with Crippen LogP contribution in [0.2, 0.25) is 0 Å². The van der Waals surface area contributed by atoms with Gasteiger partial charge in [-0.15, -0.1) is 12.4 Å². The monoisotopic (exact) mass is 342 g/mol. The average molecular weight is 343 g/mol. The maximum Gasteiger partial charge on any atom is 0.232 e. The highest BCUT2D eigenvalue weighted by Crippen LogP contribution is 2.28. The third-order valence-corrected chi connectivity index (χ3v) is 4.67. The van der Waals surface area contributed by atoms with Crippen LogP contribution in [-0.2, 0) is 10.2 Å². The minimum atomic E-state index is -0.684. The second-order valence-corrected chi connectivity index (χ2v) is 6.68. The van der Waals surface area contributed by atoms with E-state index in [1.165, 1.54) is 12.1 Å². The van der Waals surface area contributed by atoms with Crippen molar-refractivity contribution in [1.82, 2.24) is 10.2 Å². The summed E-state index contributed by atoms with van der Waals surface area (Å²) in [4.78, 5) is 14.8. The number of hydrogen-bond donors (Lipinski definition) is 1. The van der Waals surface area contributed by atoms with Gasteiger partial charge in [-0.25, -0.2) is 4.39 Å². The molecule has 0 spiro atoms. The lowest BCUT2D eigenvalue weighted by Gasteiger charge is -2.37. The number of carbonyl (C=O) groups excluding carboxylic acids is 1. The maximum absolute atomic E-state index is 13.4. The van der Waals surface area contributed by atoms with E-state index in [2.05, 4.69) is 12.2 Å². The van der Waals surface area contributed by atoms with Crippen molar-refractivity contribution >= 4 is 18.3 Å². The fraction of sp³-hybridized carbons (Fsp3) is 0.611. The molecule has 1 aliphatic heterocycles. The van der Waals surface area contributed by atoms with E-state index >= 15 is 0 Å². The molecule has 0 aromatic heterocycles. The number of amides is 1. The molecule has 0 unspecified atom stereocenters. The molecule has 1 amide bonds. The van der Waals surface area contributed by atoms with E-state index < -0.39 is 5.41 Å². The minimum absolute atomic E-state index is 0. The quantitative estimate of drug-likeness (QED) is 0.889. The van der Waals surface area contributed by atoms with Gasteiger partial charge in [0.05, 0.1) is 5.41 Å². The average Bonchev–Trinajstić information content (AvgIpc) is 2.52. The lowest BCUT2D eigenvalue weighted by molar-refractivity contribution is -0.137. The number of nitrogens with one attached hydrogen (secondary N) is 1. The predicted molar refractivity (Wildman–Crippen MR) is 94.5 cm³/mol. The van der Waals surface area contributed by atoms with Crippen molar-refractivity contribution in [2.45, 2.75) is 39.0 Å². The topological polar surface area (TPSA) is 32.3 Å².